The lowest BCUT2D eigenvalue weighted by molar-refractivity contribution is 0.0949. The fraction of sp³-hybridized carbons (Fsp3) is 0.300. The minimum Gasteiger partial charge on any atom is -0.355 e. The Balaban J connectivity index is 1.56. The molecule has 4 nitrogen and oxygen atoms in total. The molecule has 5 heteroatoms. The van der Waals surface area contributed by atoms with Crippen molar-refractivity contribution in [1.29, 1.82) is 0 Å². The Labute approximate surface area is 147 Å². The van der Waals surface area contributed by atoms with Crippen LogP contribution in [0.4, 0.5) is 15.8 Å². The highest BCUT2D eigenvalue weighted by Crippen LogP contribution is 2.20. The maximum Gasteiger partial charge on any atom is 0.269 e. The van der Waals surface area contributed by atoms with E-state index in [4.69, 9.17) is 0 Å². The molecule has 0 spiro atoms. The smallest absolute Gasteiger partial charge is 0.269 e. The summed E-state index contributed by atoms with van der Waals surface area (Å²) in [6.07, 6.45) is 9.56. The summed E-state index contributed by atoms with van der Waals surface area (Å²) in [4.78, 5) is 16.4. The van der Waals surface area contributed by atoms with E-state index in [-0.39, 0.29) is 11.7 Å². The van der Waals surface area contributed by atoms with Crippen molar-refractivity contribution < 1.29 is 9.18 Å². The minimum atomic E-state index is -0.311. The van der Waals surface area contributed by atoms with Gasteiger partial charge >= 0.3 is 0 Å². The molecule has 1 aromatic heterocycles. The van der Waals surface area contributed by atoms with E-state index in [0.717, 1.165) is 19.3 Å². The van der Waals surface area contributed by atoms with Crippen molar-refractivity contribution in [1.82, 2.24) is 10.3 Å². The first kappa shape index (κ1) is 17.1. The molecule has 2 aromatic rings. The number of halogens is 1. The van der Waals surface area contributed by atoms with Crippen LogP contribution in [0.15, 0.2) is 54.2 Å². The average Bonchev–Trinajstić information content (AvgIpc) is 2.63. The van der Waals surface area contributed by atoms with Gasteiger partial charge in [-0.15, -0.1) is 0 Å². The molecule has 1 aromatic carbocycles. The minimum absolute atomic E-state index is 0.195. The van der Waals surface area contributed by atoms with Crippen molar-refractivity contribution in [2.45, 2.75) is 32.1 Å². The third-order valence-corrected chi connectivity index (χ3v) is 4.22. The van der Waals surface area contributed by atoms with E-state index >= 15 is 0 Å². The normalized spacial score (nSPS) is 13.9. The molecule has 0 saturated heterocycles. The van der Waals surface area contributed by atoms with Crippen molar-refractivity contribution in [2.24, 2.45) is 0 Å². The molecular weight excluding hydrogens is 317 g/mol. The summed E-state index contributed by atoms with van der Waals surface area (Å²) in [5, 5.41) is 6.00. The molecule has 1 aliphatic rings. The molecule has 0 saturated carbocycles. The molecule has 130 valence electrons. The Bertz CT molecular complexity index is 773. The van der Waals surface area contributed by atoms with Crippen LogP contribution in [0.25, 0.3) is 0 Å². The lowest BCUT2D eigenvalue weighted by atomic mass is 9.97. The third kappa shape index (κ3) is 5.14. The van der Waals surface area contributed by atoms with E-state index in [1.807, 2.05) is 0 Å². The second-order valence-corrected chi connectivity index (χ2v) is 6.18. The largest absolute Gasteiger partial charge is 0.355 e. The molecule has 0 unspecified atom stereocenters. The number of aromatic nitrogens is 1. The molecule has 0 bridgehead atoms. The Hall–Kier alpha value is -2.69. The van der Waals surface area contributed by atoms with Gasteiger partial charge in [-0.25, -0.2) is 4.39 Å². The van der Waals surface area contributed by atoms with Crippen molar-refractivity contribution in [3.8, 4) is 0 Å². The zero-order valence-electron chi connectivity index (χ0n) is 14.1. The number of rotatable bonds is 6. The molecule has 25 heavy (non-hydrogen) atoms. The first-order valence-electron chi connectivity index (χ1n) is 8.65. The quantitative estimate of drug-likeness (QED) is 0.757. The van der Waals surface area contributed by atoms with Gasteiger partial charge < -0.3 is 10.6 Å². The number of carbonyl (C=O) groups is 1. The molecule has 0 fully saturated rings. The number of allylic oxidation sites excluding steroid dienone is 1. The number of pyridine rings is 1. The lowest BCUT2D eigenvalue weighted by Crippen LogP contribution is -2.25. The SMILES string of the molecule is O=C(NCCC1=CCCCC1)c1cc(Nc2cccc(F)c2)ccn1. The fourth-order valence-corrected chi connectivity index (χ4v) is 2.92. The van der Waals surface area contributed by atoms with Gasteiger partial charge in [-0.2, -0.15) is 0 Å². The predicted molar refractivity (Wildman–Crippen MR) is 97.4 cm³/mol. The van der Waals surface area contributed by atoms with Crippen molar-refractivity contribution in [3.63, 3.8) is 0 Å². The number of hydrogen-bond donors (Lipinski definition) is 2. The van der Waals surface area contributed by atoms with Crippen LogP contribution < -0.4 is 10.6 Å². The van der Waals surface area contributed by atoms with Crippen LogP contribution in [0.3, 0.4) is 0 Å². The Morgan fingerprint density at radius 2 is 2.04 bits per heavy atom. The highest BCUT2D eigenvalue weighted by molar-refractivity contribution is 5.93. The monoisotopic (exact) mass is 339 g/mol. The number of amides is 1. The van der Waals surface area contributed by atoms with Crippen LogP contribution in [0.5, 0.6) is 0 Å². The molecule has 0 atom stereocenters. The number of anilines is 2. The van der Waals surface area contributed by atoms with Crippen LogP contribution in [0, 0.1) is 5.82 Å². The maximum atomic E-state index is 13.2. The van der Waals surface area contributed by atoms with Crippen LogP contribution in [0.1, 0.15) is 42.6 Å². The van der Waals surface area contributed by atoms with Gasteiger partial charge in [0.2, 0.25) is 0 Å². The summed E-state index contributed by atoms with van der Waals surface area (Å²) >= 11 is 0. The third-order valence-electron chi connectivity index (χ3n) is 4.22. The highest BCUT2D eigenvalue weighted by Gasteiger charge is 2.09. The van der Waals surface area contributed by atoms with E-state index in [1.54, 1.807) is 30.5 Å². The predicted octanol–water partition coefficient (Wildman–Crippen LogP) is 4.58. The van der Waals surface area contributed by atoms with E-state index in [0.29, 0.717) is 23.6 Å². The second-order valence-electron chi connectivity index (χ2n) is 6.18. The number of nitrogens with zero attached hydrogens (tertiary/aromatic N) is 1. The van der Waals surface area contributed by atoms with Crippen LogP contribution in [-0.2, 0) is 0 Å². The van der Waals surface area contributed by atoms with Crippen molar-refractivity contribution in [3.05, 3.63) is 65.8 Å². The van der Waals surface area contributed by atoms with E-state index in [9.17, 15) is 9.18 Å². The fourth-order valence-electron chi connectivity index (χ4n) is 2.92. The summed E-state index contributed by atoms with van der Waals surface area (Å²) in [5.41, 5.74) is 3.10. The van der Waals surface area contributed by atoms with Crippen molar-refractivity contribution >= 4 is 17.3 Å². The summed E-state index contributed by atoms with van der Waals surface area (Å²) < 4.78 is 13.2. The van der Waals surface area contributed by atoms with Gasteiger partial charge in [0.15, 0.2) is 0 Å². The number of nitrogens with one attached hydrogen (secondary N) is 2. The summed E-state index contributed by atoms with van der Waals surface area (Å²) in [6.45, 7) is 0.619. The number of hydrogen-bond acceptors (Lipinski definition) is 3. The topological polar surface area (TPSA) is 54.0 Å². The first-order valence-corrected chi connectivity index (χ1v) is 8.65. The second kappa shape index (κ2) is 8.42. The molecular formula is C20H22FN3O. The zero-order valence-corrected chi connectivity index (χ0v) is 14.1. The molecule has 1 aliphatic carbocycles. The standard InChI is InChI=1S/C20H22FN3O/c21-16-7-4-8-17(13-16)24-18-10-12-22-19(14-18)20(25)23-11-9-15-5-2-1-3-6-15/h4-5,7-8,10,12-14H,1-3,6,9,11H2,(H,22,24)(H,23,25). The Morgan fingerprint density at radius 3 is 2.84 bits per heavy atom. The van der Waals surface area contributed by atoms with E-state index in [2.05, 4.69) is 21.7 Å². The van der Waals surface area contributed by atoms with Gasteiger partial charge in [-0.05, 0) is 62.4 Å². The molecule has 1 heterocycles. The first-order chi connectivity index (χ1) is 12.2. The summed E-state index contributed by atoms with van der Waals surface area (Å²) in [6, 6.07) is 9.60. The Kier molecular flexibility index (Phi) is 5.77. The van der Waals surface area contributed by atoms with Crippen LogP contribution in [0.2, 0.25) is 0 Å². The average molecular weight is 339 g/mol. The Morgan fingerprint density at radius 1 is 1.16 bits per heavy atom. The van der Waals surface area contributed by atoms with Gasteiger partial charge in [0.1, 0.15) is 11.5 Å². The zero-order chi connectivity index (χ0) is 17.5. The van der Waals surface area contributed by atoms with E-state index < -0.39 is 0 Å². The molecule has 1 amide bonds. The van der Waals surface area contributed by atoms with Gasteiger partial charge in [0.25, 0.3) is 5.91 Å². The van der Waals surface area contributed by atoms with E-state index in [1.165, 1.54) is 30.5 Å². The molecule has 0 aliphatic heterocycles. The van der Waals surface area contributed by atoms with Gasteiger partial charge in [-0.1, -0.05) is 17.7 Å². The van der Waals surface area contributed by atoms with Gasteiger partial charge in [0, 0.05) is 24.1 Å². The van der Waals surface area contributed by atoms with Crippen LogP contribution in [-0.4, -0.2) is 17.4 Å². The van der Waals surface area contributed by atoms with Crippen molar-refractivity contribution in [2.75, 3.05) is 11.9 Å². The number of carbonyl (C=O) groups excluding carboxylic acids is 1. The molecule has 3 rings (SSSR count). The highest BCUT2D eigenvalue weighted by atomic mass is 19.1. The van der Waals surface area contributed by atoms with Crippen LogP contribution >= 0.6 is 0 Å². The lowest BCUT2D eigenvalue weighted by Gasteiger charge is -2.13. The number of benzene rings is 1. The summed E-state index contributed by atoms with van der Waals surface area (Å²) in [7, 11) is 0. The molecule has 0 radical (unpaired) electrons. The maximum absolute atomic E-state index is 13.2. The summed E-state index contributed by atoms with van der Waals surface area (Å²) in [5.74, 6) is -0.506. The van der Waals surface area contributed by atoms with Gasteiger partial charge in [0.05, 0.1) is 0 Å². The molecule has 2 N–H and O–H groups in total. The van der Waals surface area contributed by atoms with Gasteiger partial charge in [-0.3, -0.25) is 9.78 Å².